The average molecular weight is 252 g/mol. The molecule has 1 aromatic heterocycles. The molecular weight excluding hydrogens is 232 g/mol. The second kappa shape index (κ2) is 4.69. The maximum Gasteiger partial charge on any atom is 0.315 e. The molecule has 2 rings (SSSR count). The number of rotatable bonds is 1. The van der Waals surface area contributed by atoms with Crippen LogP contribution in [0.1, 0.15) is 50.1 Å². The molecule has 0 bridgehead atoms. The third-order valence-corrected chi connectivity index (χ3v) is 3.84. The van der Waals surface area contributed by atoms with Crippen LogP contribution in [0, 0.1) is 0 Å². The summed E-state index contributed by atoms with van der Waals surface area (Å²) in [6.07, 6.45) is 3.36. The fourth-order valence-electron chi connectivity index (χ4n) is 2.17. The summed E-state index contributed by atoms with van der Waals surface area (Å²) in [6, 6.07) is 2.26. The summed E-state index contributed by atoms with van der Waals surface area (Å²) in [5.74, 6) is 0. The van der Waals surface area contributed by atoms with E-state index in [0.717, 1.165) is 19.3 Å². The monoisotopic (exact) mass is 252 g/mol. The number of thiophene rings is 1. The van der Waals surface area contributed by atoms with Gasteiger partial charge in [-0.1, -0.05) is 0 Å². The zero-order valence-corrected chi connectivity index (χ0v) is 11.5. The molecule has 0 spiro atoms. The van der Waals surface area contributed by atoms with Crippen molar-refractivity contribution in [3.63, 3.8) is 0 Å². The Hall–Kier alpha value is -1.03. The summed E-state index contributed by atoms with van der Waals surface area (Å²) in [5, 5.41) is 8.13. The molecule has 1 heterocycles. The number of aryl methyl sites for hydroxylation is 1. The predicted molar refractivity (Wildman–Crippen MR) is 71.4 cm³/mol. The van der Waals surface area contributed by atoms with Crippen molar-refractivity contribution in [3.8, 4) is 0 Å². The second-order valence-electron chi connectivity index (χ2n) is 5.59. The Bertz CT molecular complexity index is 406. The molecule has 0 radical (unpaired) electrons. The molecule has 1 atom stereocenters. The molecule has 0 aliphatic heterocycles. The molecule has 0 fully saturated rings. The quantitative estimate of drug-likeness (QED) is 0.791. The van der Waals surface area contributed by atoms with E-state index in [1.54, 1.807) is 11.3 Å². The largest absolute Gasteiger partial charge is 0.334 e. The van der Waals surface area contributed by atoms with Gasteiger partial charge in [0.15, 0.2) is 0 Å². The summed E-state index contributed by atoms with van der Waals surface area (Å²) in [6.45, 7) is 5.97. The van der Waals surface area contributed by atoms with E-state index in [9.17, 15) is 4.79 Å². The number of hydrogen-bond donors (Lipinski definition) is 2. The third-order valence-electron chi connectivity index (χ3n) is 2.85. The van der Waals surface area contributed by atoms with E-state index in [2.05, 4.69) is 22.1 Å². The van der Waals surface area contributed by atoms with Crippen LogP contribution in [0.4, 0.5) is 4.79 Å². The molecule has 2 amide bonds. The van der Waals surface area contributed by atoms with Crippen LogP contribution in [0.2, 0.25) is 0 Å². The molecule has 94 valence electrons. The van der Waals surface area contributed by atoms with Gasteiger partial charge in [0.25, 0.3) is 0 Å². The minimum absolute atomic E-state index is 0.0680. The second-order valence-corrected chi connectivity index (χ2v) is 6.59. The van der Waals surface area contributed by atoms with Crippen molar-refractivity contribution in [2.75, 3.05) is 0 Å². The lowest BCUT2D eigenvalue weighted by atomic mass is 9.94. The first kappa shape index (κ1) is 12.4. The molecule has 2 N–H and O–H groups in total. The highest BCUT2D eigenvalue weighted by Crippen LogP contribution is 2.33. The molecule has 1 aliphatic rings. The van der Waals surface area contributed by atoms with Gasteiger partial charge in [-0.2, -0.15) is 0 Å². The number of amides is 2. The first-order valence-electron chi connectivity index (χ1n) is 6.11. The molecule has 0 saturated heterocycles. The van der Waals surface area contributed by atoms with Crippen molar-refractivity contribution in [2.45, 2.75) is 51.6 Å². The Morgan fingerprint density at radius 2 is 2.24 bits per heavy atom. The number of carbonyl (C=O) groups excluding carboxylic acids is 1. The lowest BCUT2D eigenvalue weighted by Gasteiger charge is -2.27. The average Bonchev–Trinajstić information content (AvgIpc) is 2.63. The van der Waals surface area contributed by atoms with Crippen LogP contribution >= 0.6 is 11.3 Å². The van der Waals surface area contributed by atoms with E-state index in [0.29, 0.717) is 0 Å². The molecule has 3 nitrogen and oxygen atoms in total. The van der Waals surface area contributed by atoms with Crippen molar-refractivity contribution in [2.24, 2.45) is 0 Å². The van der Waals surface area contributed by atoms with Crippen molar-refractivity contribution in [1.29, 1.82) is 0 Å². The van der Waals surface area contributed by atoms with Gasteiger partial charge >= 0.3 is 6.03 Å². The molecule has 1 aliphatic carbocycles. The van der Waals surface area contributed by atoms with Gasteiger partial charge in [0.2, 0.25) is 0 Å². The molecule has 0 saturated carbocycles. The van der Waals surface area contributed by atoms with Gasteiger partial charge in [-0.05, 0) is 57.0 Å². The minimum Gasteiger partial charge on any atom is -0.334 e. The summed E-state index contributed by atoms with van der Waals surface area (Å²) < 4.78 is 0. The highest BCUT2D eigenvalue weighted by Gasteiger charge is 2.23. The highest BCUT2D eigenvalue weighted by atomic mass is 32.1. The van der Waals surface area contributed by atoms with Gasteiger partial charge in [0.1, 0.15) is 0 Å². The van der Waals surface area contributed by atoms with Crippen LogP contribution in [0.3, 0.4) is 0 Å². The topological polar surface area (TPSA) is 41.1 Å². The van der Waals surface area contributed by atoms with Gasteiger partial charge < -0.3 is 10.6 Å². The van der Waals surface area contributed by atoms with Crippen molar-refractivity contribution < 1.29 is 4.79 Å². The van der Waals surface area contributed by atoms with Gasteiger partial charge in [0, 0.05) is 10.4 Å². The van der Waals surface area contributed by atoms with Crippen molar-refractivity contribution in [3.05, 3.63) is 21.9 Å². The number of hydrogen-bond acceptors (Lipinski definition) is 2. The summed E-state index contributed by atoms with van der Waals surface area (Å²) in [7, 11) is 0. The maximum atomic E-state index is 11.8. The maximum absolute atomic E-state index is 11.8. The molecule has 0 aromatic carbocycles. The minimum atomic E-state index is -0.184. The normalized spacial score (nSPS) is 19.6. The van der Waals surface area contributed by atoms with Crippen LogP contribution in [0.15, 0.2) is 11.4 Å². The van der Waals surface area contributed by atoms with E-state index >= 15 is 0 Å². The molecule has 1 unspecified atom stereocenters. The lowest BCUT2D eigenvalue weighted by Crippen LogP contribution is -2.47. The van der Waals surface area contributed by atoms with E-state index in [4.69, 9.17) is 0 Å². The van der Waals surface area contributed by atoms with Crippen LogP contribution in [0.5, 0.6) is 0 Å². The Kier molecular flexibility index (Phi) is 3.43. The predicted octanol–water partition coefficient (Wildman–Crippen LogP) is 3.22. The van der Waals surface area contributed by atoms with E-state index in [1.165, 1.54) is 10.4 Å². The smallest absolute Gasteiger partial charge is 0.315 e. The van der Waals surface area contributed by atoms with E-state index < -0.39 is 0 Å². The SMILES string of the molecule is CC(C)(C)NC(=O)NC1CCCc2sccc21. The Morgan fingerprint density at radius 3 is 2.94 bits per heavy atom. The molecule has 4 heteroatoms. The van der Waals surface area contributed by atoms with Crippen molar-refractivity contribution in [1.82, 2.24) is 10.6 Å². The lowest BCUT2D eigenvalue weighted by molar-refractivity contribution is 0.226. The summed E-state index contributed by atoms with van der Waals surface area (Å²) >= 11 is 1.80. The van der Waals surface area contributed by atoms with Gasteiger partial charge in [-0.3, -0.25) is 0 Å². The van der Waals surface area contributed by atoms with Gasteiger partial charge in [-0.25, -0.2) is 4.79 Å². The Morgan fingerprint density at radius 1 is 1.47 bits per heavy atom. The first-order valence-corrected chi connectivity index (χ1v) is 6.98. The van der Waals surface area contributed by atoms with Crippen molar-refractivity contribution >= 4 is 17.4 Å². The number of fused-ring (bicyclic) bond motifs is 1. The fourth-order valence-corrected chi connectivity index (χ4v) is 3.16. The third kappa shape index (κ3) is 3.22. The summed E-state index contributed by atoms with van der Waals surface area (Å²) in [5.41, 5.74) is 1.13. The number of carbonyl (C=O) groups is 1. The van der Waals surface area contributed by atoms with Crippen LogP contribution < -0.4 is 10.6 Å². The Labute approximate surface area is 107 Å². The molecular formula is C13H20N2OS. The molecule has 1 aromatic rings. The van der Waals surface area contributed by atoms with Crippen LogP contribution in [-0.4, -0.2) is 11.6 Å². The summed E-state index contributed by atoms with van der Waals surface area (Å²) in [4.78, 5) is 13.3. The van der Waals surface area contributed by atoms with Crippen LogP contribution in [0.25, 0.3) is 0 Å². The van der Waals surface area contributed by atoms with Gasteiger partial charge in [-0.15, -0.1) is 11.3 Å². The fraction of sp³-hybridized carbons (Fsp3) is 0.615. The Balaban J connectivity index is 2.00. The molecule has 17 heavy (non-hydrogen) atoms. The van der Waals surface area contributed by atoms with E-state index in [1.807, 2.05) is 20.8 Å². The number of urea groups is 1. The highest BCUT2D eigenvalue weighted by molar-refractivity contribution is 7.10. The first-order chi connectivity index (χ1) is 7.96. The van der Waals surface area contributed by atoms with Crippen LogP contribution in [-0.2, 0) is 6.42 Å². The van der Waals surface area contributed by atoms with E-state index in [-0.39, 0.29) is 17.6 Å². The zero-order chi connectivity index (χ0) is 12.5. The number of nitrogens with one attached hydrogen (secondary N) is 2. The van der Waals surface area contributed by atoms with Gasteiger partial charge in [0.05, 0.1) is 6.04 Å². The standard InChI is InChI=1S/C13H20N2OS/c1-13(2,3)15-12(16)14-10-5-4-6-11-9(10)7-8-17-11/h7-8,10H,4-6H2,1-3H3,(H2,14,15,16). The zero-order valence-electron chi connectivity index (χ0n) is 10.7.